The van der Waals surface area contributed by atoms with Gasteiger partial charge >= 0.3 is 0 Å². The monoisotopic (exact) mass is 226 g/mol. The highest BCUT2D eigenvalue weighted by Crippen LogP contribution is 2.24. The van der Waals surface area contributed by atoms with Gasteiger partial charge in [0.2, 0.25) is 5.91 Å². The number of aliphatic hydroxyl groups is 1. The third-order valence-corrected chi connectivity index (χ3v) is 3.79. The lowest BCUT2D eigenvalue weighted by molar-refractivity contribution is -0.138. The maximum atomic E-state index is 12.3. The van der Waals surface area contributed by atoms with Gasteiger partial charge in [-0.2, -0.15) is 0 Å². The number of aliphatic hydroxyl groups excluding tert-OH is 1. The minimum atomic E-state index is -0.400. The molecule has 0 aromatic carbocycles. The highest BCUT2D eigenvalue weighted by atomic mass is 16.3. The topological polar surface area (TPSA) is 52.6 Å². The Labute approximate surface area is 97.0 Å². The fourth-order valence-electron chi connectivity index (χ4n) is 2.86. The summed E-state index contributed by atoms with van der Waals surface area (Å²) in [6, 6.07) is 0.0504. The summed E-state index contributed by atoms with van der Waals surface area (Å²) < 4.78 is 0. The molecule has 0 bridgehead atoms. The molecule has 2 heterocycles. The van der Waals surface area contributed by atoms with E-state index >= 15 is 0 Å². The van der Waals surface area contributed by atoms with Gasteiger partial charge in [0.05, 0.1) is 18.1 Å². The van der Waals surface area contributed by atoms with Crippen molar-refractivity contribution in [2.24, 2.45) is 5.92 Å². The summed E-state index contributed by atoms with van der Waals surface area (Å²) in [4.78, 5) is 14.2. The minimum absolute atomic E-state index is 0.0504. The number of rotatable bonds is 2. The van der Waals surface area contributed by atoms with E-state index in [1.54, 1.807) is 6.92 Å². The van der Waals surface area contributed by atoms with Gasteiger partial charge in [-0.05, 0) is 39.2 Å². The van der Waals surface area contributed by atoms with Crippen molar-refractivity contribution in [3.05, 3.63) is 0 Å². The second-order valence-corrected chi connectivity index (χ2v) is 5.03. The number of carbonyl (C=O) groups excluding carboxylic acids is 1. The molecule has 0 aromatic heterocycles. The Balaban J connectivity index is 1.97. The van der Waals surface area contributed by atoms with E-state index in [0.717, 1.165) is 45.3 Å². The first-order valence-electron chi connectivity index (χ1n) is 6.39. The van der Waals surface area contributed by atoms with Crippen LogP contribution in [-0.4, -0.2) is 47.7 Å². The molecule has 4 heteroatoms. The van der Waals surface area contributed by atoms with Crippen LogP contribution in [0.5, 0.6) is 0 Å². The van der Waals surface area contributed by atoms with E-state index in [-0.39, 0.29) is 17.9 Å². The van der Waals surface area contributed by atoms with E-state index in [4.69, 9.17) is 0 Å². The fourth-order valence-corrected chi connectivity index (χ4v) is 2.86. The molecule has 0 aromatic rings. The predicted octanol–water partition coefficient (Wildman–Crippen LogP) is 0.358. The van der Waals surface area contributed by atoms with E-state index < -0.39 is 6.10 Å². The number of nitrogens with one attached hydrogen (secondary N) is 1. The molecule has 2 saturated heterocycles. The largest absolute Gasteiger partial charge is 0.391 e. The molecule has 0 aliphatic carbocycles. The van der Waals surface area contributed by atoms with Crippen molar-refractivity contribution >= 4 is 5.91 Å². The molecule has 4 nitrogen and oxygen atoms in total. The van der Waals surface area contributed by atoms with Crippen molar-refractivity contribution in [2.75, 3.05) is 19.6 Å². The third-order valence-electron chi connectivity index (χ3n) is 3.79. The molecular weight excluding hydrogens is 204 g/mol. The number of likely N-dealkylation sites (tertiary alicyclic amines) is 1. The Morgan fingerprint density at radius 1 is 1.44 bits per heavy atom. The van der Waals surface area contributed by atoms with Crippen LogP contribution >= 0.6 is 0 Å². The second kappa shape index (κ2) is 5.15. The van der Waals surface area contributed by atoms with Crippen LogP contribution in [0.25, 0.3) is 0 Å². The lowest BCUT2D eigenvalue weighted by Gasteiger charge is -2.32. The Kier molecular flexibility index (Phi) is 3.82. The molecule has 0 saturated carbocycles. The normalized spacial score (nSPS) is 32.8. The van der Waals surface area contributed by atoms with E-state index in [0.29, 0.717) is 0 Å². The Hall–Kier alpha value is -0.610. The second-order valence-electron chi connectivity index (χ2n) is 5.03. The molecule has 2 aliphatic rings. The van der Waals surface area contributed by atoms with Crippen molar-refractivity contribution < 1.29 is 9.90 Å². The molecule has 92 valence electrons. The lowest BCUT2D eigenvalue weighted by Crippen LogP contribution is -2.47. The average molecular weight is 226 g/mol. The van der Waals surface area contributed by atoms with Gasteiger partial charge in [-0.1, -0.05) is 0 Å². The molecule has 2 fully saturated rings. The maximum Gasteiger partial charge on any atom is 0.227 e. The summed E-state index contributed by atoms with van der Waals surface area (Å²) in [7, 11) is 0. The van der Waals surface area contributed by atoms with E-state index in [2.05, 4.69) is 5.32 Å². The summed E-state index contributed by atoms with van der Waals surface area (Å²) in [5.41, 5.74) is 0. The Morgan fingerprint density at radius 2 is 2.25 bits per heavy atom. The SMILES string of the molecule is CC(O)C1CCCN1C(=O)C1CCCNC1. The van der Waals surface area contributed by atoms with E-state index in [1.165, 1.54) is 0 Å². The highest BCUT2D eigenvalue weighted by molar-refractivity contribution is 5.79. The van der Waals surface area contributed by atoms with Crippen LogP contribution in [0.1, 0.15) is 32.6 Å². The van der Waals surface area contributed by atoms with E-state index in [1.807, 2.05) is 4.90 Å². The molecule has 3 atom stereocenters. The van der Waals surface area contributed by atoms with Crippen molar-refractivity contribution in [2.45, 2.75) is 44.8 Å². The molecule has 2 rings (SSSR count). The lowest BCUT2D eigenvalue weighted by atomic mass is 9.97. The van der Waals surface area contributed by atoms with Gasteiger partial charge < -0.3 is 15.3 Å². The molecule has 3 unspecified atom stereocenters. The fraction of sp³-hybridized carbons (Fsp3) is 0.917. The maximum absolute atomic E-state index is 12.3. The zero-order chi connectivity index (χ0) is 11.5. The van der Waals surface area contributed by atoms with Gasteiger partial charge in [-0.15, -0.1) is 0 Å². The van der Waals surface area contributed by atoms with Crippen LogP contribution in [0.4, 0.5) is 0 Å². The summed E-state index contributed by atoms with van der Waals surface area (Å²) >= 11 is 0. The minimum Gasteiger partial charge on any atom is -0.391 e. The van der Waals surface area contributed by atoms with Crippen molar-refractivity contribution in [3.8, 4) is 0 Å². The predicted molar refractivity (Wildman–Crippen MR) is 62.0 cm³/mol. The van der Waals surface area contributed by atoms with Crippen LogP contribution < -0.4 is 5.32 Å². The van der Waals surface area contributed by atoms with Gasteiger partial charge in [0, 0.05) is 13.1 Å². The highest BCUT2D eigenvalue weighted by Gasteiger charge is 2.35. The zero-order valence-corrected chi connectivity index (χ0v) is 9.98. The number of nitrogens with zero attached hydrogens (tertiary/aromatic N) is 1. The summed E-state index contributed by atoms with van der Waals surface area (Å²) in [6.45, 7) is 4.45. The number of hydrogen-bond acceptors (Lipinski definition) is 3. The third kappa shape index (κ3) is 2.38. The van der Waals surface area contributed by atoms with Gasteiger partial charge in [0.25, 0.3) is 0 Å². The quantitative estimate of drug-likeness (QED) is 0.715. The number of hydrogen-bond donors (Lipinski definition) is 2. The Bertz CT molecular complexity index is 249. The van der Waals surface area contributed by atoms with Crippen molar-refractivity contribution in [3.63, 3.8) is 0 Å². The van der Waals surface area contributed by atoms with Crippen LogP contribution in [0.2, 0.25) is 0 Å². The zero-order valence-electron chi connectivity index (χ0n) is 9.98. The number of carbonyl (C=O) groups is 1. The summed E-state index contributed by atoms with van der Waals surface area (Å²) in [5, 5.41) is 12.9. The van der Waals surface area contributed by atoms with Gasteiger partial charge in [-0.3, -0.25) is 4.79 Å². The molecule has 16 heavy (non-hydrogen) atoms. The smallest absolute Gasteiger partial charge is 0.227 e. The first-order chi connectivity index (χ1) is 7.70. The first kappa shape index (κ1) is 11.9. The number of piperidine rings is 1. The summed E-state index contributed by atoms with van der Waals surface area (Å²) in [5.74, 6) is 0.378. The van der Waals surface area contributed by atoms with Gasteiger partial charge in [0.1, 0.15) is 0 Å². The van der Waals surface area contributed by atoms with Crippen molar-refractivity contribution in [1.82, 2.24) is 10.2 Å². The molecular formula is C12H22N2O2. The van der Waals surface area contributed by atoms with Gasteiger partial charge in [0.15, 0.2) is 0 Å². The van der Waals surface area contributed by atoms with Crippen LogP contribution in [0.15, 0.2) is 0 Å². The number of amides is 1. The molecule has 2 N–H and O–H groups in total. The van der Waals surface area contributed by atoms with Crippen LogP contribution in [-0.2, 0) is 4.79 Å². The molecule has 1 amide bonds. The molecule has 0 spiro atoms. The summed E-state index contributed by atoms with van der Waals surface area (Å²) in [6.07, 6.45) is 3.66. The van der Waals surface area contributed by atoms with Gasteiger partial charge in [-0.25, -0.2) is 0 Å². The van der Waals surface area contributed by atoms with E-state index in [9.17, 15) is 9.90 Å². The molecule has 2 aliphatic heterocycles. The van der Waals surface area contributed by atoms with Crippen LogP contribution in [0, 0.1) is 5.92 Å². The first-order valence-corrected chi connectivity index (χ1v) is 6.39. The standard InChI is InChI=1S/C12H22N2O2/c1-9(15)11-5-3-7-14(11)12(16)10-4-2-6-13-8-10/h9-11,13,15H,2-8H2,1H3. The van der Waals surface area contributed by atoms with Crippen LogP contribution in [0.3, 0.4) is 0 Å². The Morgan fingerprint density at radius 3 is 2.88 bits per heavy atom. The average Bonchev–Trinajstić information content (AvgIpc) is 2.78. The van der Waals surface area contributed by atoms with Crippen molar-refractivity contribution in [1.29, 1.82) is 0 Å². The molecule has 0 radical (unpaired) electrons.